The van der Waals surface area contributed by atoms with Crippen LogP contribution in [-0.4, -0.2) is 58.0 Å². The van der Waals surface area contributed by atoms with Crippen molar-refractivity contribution in [3.05, 3.63) is 59.7 Å². The van der Waals surface area contributed by atoms with Gasteiger partial charge in [-0.25, -0.2) is 0 Å². The van der Waals surface area contributed by atoms with Crippen LogP contribution in [0.1, 0.15) is 49.7 Å². The number of aromatic hydroxyl groups is 2. The van der Waals surface area contributed by atoms with Gasteiger partial charge in [0.15, 0.2) is 0 Å². The Balaban J connectivity index is 1.44. The second-order valence-electron chi connectivity index (χ2n) is 8.98. The zero-order chi connectivity index (χ0) is 24.6. The number of likely N-dealkylation sites (tertiary alicyclic amines) is 2. The van der Waals surface area contributed by atoms with Gasteiger partial charge in [0.1, 0.15) is 11.5 Å². The second kappa shape index (κ2) is 12.0. The van der Waals surface area contributed by atoms with E-state index in [9.17, 15) is 19.8 Å². The van der Waals surface area contributed by atoms with Crippen molar-refractivity contribution in [2.75, 3.05) is 26.2 Å². The molecule has 0 aliphatic carbocycles. The van der Waals surface area contributed by atoms with Crippen molar-refractivity contribution < 1.29 is 19.8 Å². The smallest absolute Gasteiger partial charge is 0.246 e. The first-order valence-corrected chi connectivity index (χ1v) is 13.1. The summed E-state index contributed by atoms with van der Waals surface area (Å²) in [6.45, 7) is 3.14. The third-order valence-electron chi connectivity index (χ3n) is 6.38. The van der Waals surface area contributed by atoms with Crippen LogP contribution in [-0.2, 0) is 9.59 Å². The molecule has 2 aliphatic heterocycles. The predicted octanol–water partition coefficient (Wildman–Crippen LogP) is 5.30. The number of piperidine rings is 2. The highest BCUT2D eigenvalue weighted by molar-refractivity contribution is 7.99. The molecule has 35 heavy (non-hydrogen) atoms. The van der Waals surface area contributed by atoms with Gasteiger partial charge in [-0.15, -0.1) is 0 Å². The number of phenols is 2. The van der Waals surface area contributed by atoms with Gasteiger partial charge in [-0.05, 0) is 87.1 Å². The zero-order valence-electron chi connectivity index (χ0n) is 19.9. The fraction of sp³-hybridized carbons (Fsp3) is 0.357. The maximum Gasteiger partial charge on any atom is 0.246 e. The molecular weight excluding hydrogens is 460 g/mol. The highest BCUT2D eigenvalue weighted by atomic mass is 32.2. The average molecular weight is 493 g/mol. The van der Waals surface area contributed by atoms with Gasteiger partial charge in [-0.3, -0.25) is 9.59 Å². The van der Waals surface area contributed by atoms with Gasteiger partial charge in [0.2, 0.25) is 11.8 Å². The van der Waals surface area contributed by atoms with E-state index in [1.807, 2.05) is 34.1 Å². The van der Waals surface area contributed by atoms with Crippen LogP contribution in [0, 0.1) is 0 Å². The van der Waals surface area contributed by atoms with Crippen molar-refractivity contribution in [1.82, 2.24) is 9.80 Å². The minimum atomic E-state index is -0.0313. The number of hydrogen-bond acceptors (Lipinski definition) is 5. The van der Waals surface area contributed by atoms with E-state index < -0.39 is 0 Å². The molecule has 6 nitrogen and oxygen atoms in total. The number of carbonyl (C=O) groups excluding carboxylic acids is 2. The molecule has 0 radical (unpaired) electrons. The number of amides is 2. The van der Waals surface area contributed by atoms with E-state index in [0.29, 0.717) is 11.1 Å². The van der Waals surface area contributed by atoms with Crippen LogP contribution in [0.4, 0.5) is 0 Å². The number of rotatable bonds is 6. The van der Waals surface area contributed by atoms with Crippen LogP contribution in [0.3, 0.4) is 0 Å². The van der Waals surface area contributed by atoms with E-state index >= 15 is 0 Å². The quantitative estimate of drug-likeness (QED) is 0.535. The zero-order valence-corrected chi connectivity index (χ0v) is 20.7. The van der Waals surface area contributed by atoms with Crippen LogP contribution in [0.25, 0.3) is 12.2 Å². The fourth-order valence-corrected chi connectivity index (χ4v) is 5.27. The highest BCUT2D eigenvalue weighted by Gasteiger charge is 2.15. The number of benzene rings is 2. The van der Waals surface area contributed by atoms with Crippen molar-refractivity contribution in [1.29, 1.82) is 0 Å². The number of hydrogen-bond donors (Lipinski definition) is 2. The Morgan fingerprint density at radius 3 is 1.46 bits per heavy atom. The molecule has 2 heterocycles. The first-order valence-electron chi connectivity index (χ1n) is 12.3. The standard InChI is InChI=1S/C28H32N2O4S/c31-25-11-9-23(19-21(25)7-13-27(33)29-15-3-1-4-16-29)35-24-10-12-26(32)22(20-24)8-14-28(34)30-17-5-2-6-18-30/h7-14,19-20,31-32H,1-6,15-18H2. The van der Waals surface area contributed by atoms with Crippen LogP contribution < -0.4 is 0 Å². The topological polar surface area (TPSA) is 81.1 Å². The summed E-state index contributed by atoms with van der Waals surface area (Å²) in [4.78, 5) is 30.3. The Kier molecular flexibility index (Phi) is 8.53. The summed E-state index contributed by atoms with van der Waals surface area (Å²) in [7, 11) is 0. The molecule has 2 saturated heterocycles. The van der Waals surface area contributed by atoms with Crippen molar-refractivity contribution in [3.8, 4) is 11.5 Å². The van der Waals surface area contributed by atoms with Crippen LogP contribution in [0.2, 0.25) is 0 Å². The molecule has 2 aromatic rings. The van der Waals surface area contributed by atoms with Gasteiger partial charge < -0.3 is 20.0 Å². The summed E-state index contributed by atoms with van der Waals surface area (Å²) >= 11 is 1.48. The summed E-state index contributed by atoms with van der Waals surface area (Å²) in [5.41, 5.74) is 1.15. The summed E-state index contributed by atoms with van der Waals surface area (Å²) in [6.07, 6.45) is 12.8. The van der Waals surface area contributed by atoms with Crippen LogP contribution in [0.5, 0.6) is 11.5 Å². The van der Waals surface area contributed by atoms with Crippen molar-refractivity contribution in [2.45, 2.75) is 48.3 Å². The monoisotopic (exact) mass is 492 g/mol. The summed E-state index contributed by atoms with van der Waals surface area (Å²) in [5.74, 6) is 0.164. The molecule has 0 aromatic heterocycles. The first kappa shape index (κ1) is 24.9. The molecule has 4 rings (SSSR count). The summed E-state index contributed by atoms with van der Waals surface area (Å²) in [5, 5.41) is 20.5. The molecule has 0 bridgehead atoms. The van der Waals surface area contributed by atoms with Gasteiger partial charge in [0.05, 0.1) is 0 Å². The Hall–Kier alpha value is -3.19. The molecular formula is C28H32N2O4S. The Morgan fingerprint density at radius 2 is 1.06 bits per heavy atom. The number of carbonyl (C=O) groups is 2. The van der Waals surface area contributed by atoms with E-state index in [2.05, 4.69) is 0 Å². The van der Waals surface area contributed by atoms with E-state index in [0.717, 1.165) is 74.5 Å². The van der Waals surface area contributed by atoms with E-state index in [1.165, 1.54) is 23.9 Å². The molecule has 0 unspecified atom stereocenters. The SMILES string of the molecule is O=C(C=Cc1cc(Sc2ccc(O)c(C=CC(=O)N3CCCCC3)c2)ccc1O)N1CCCCC1. The maximum absolute atomic E-state index is 12.4. The Labute approximate surface area is 210 Å². The minimum Gasteiger partial charge on any atom is -0.507 e. The largest absolute Gasteiger partial charge is 0.507 e. The molecule has 0 atom stereocenters. The Bertz CT molecular complexity index is 1030. The van der Waals surface area contributed by atoms with Crippen LogP contribution in [0.15, 0.2) is 58.3 Å². The van der Waals surface area contributed by atoms with Crippen molar-refractivity contribution >= 4 is 35.7 Å². The van der Waals surface area contributed by atoms with Crippen molar-refractivity contribution in [3.63, 3.8) is 0 Å². The molecule has 0 spiro atoms. The molecule has 0 saturated carbocycles. The van der Waals surface area contributed by atoms with E-state index in [-0.39, 0.29) is 23.3 Å². The van der Waals surface area contributed by atoms with E-state index in [1.54, 1.807) is 24.3 Å². The lowest BCUT2D eigenvalue weighted by atomic mass is 10.1. The second-order valence-corrected chi connectivity index (χ2v) is 10.1. The number of nitrogens with zero attached hydrogens (tertiary/aromatic N) is 2. The normalized spacial score (nSPS) is 16.8. The summed E-state index contributed by atoms with van der Waals surface area (Å²) in [6, 6.07) is 10.5. The lowest BCUT2D eigenvalue weighted by molar-refractivity contribution is -0.127. The maximum atomic E-state index is 12.4. The van der Waals surface area contributed by atoms with E-state index in [4.69, 9.17) is 0 Å². The average Bonchev–Trinajstić information content (AvgIpc) is 2.90. The third-order valence-corrected chi connectivity index (χ3v) is 7.36. The molecule has 2 fully saturated rings. The summed E-state index contributed by atoms with van der Waals surface area (Å²) < 4.78 is 0. The number of phenolic OH excluding ortho intramolecular Hbond substituents is 2. The lowest BCUT2D eigenvalue weighted by Gasteiger charge is -2.25. The van der Waals surface area contributed by atoms with Gasteiger partial charge in [0.25, 0.3) is 0 Å². The fourth-order valence-electron chi connectivity index (χ4n) is 4.36. The van der Waals surface area contributed by atoms with Gasteiger partial charge >= 0.3 is 0 Å². The molecule has 2 aliphatic rings. The van der Waals surface area contributed by atoms with Gasteiger partial charge in [-0.1, -0.05) is 11.8 Å². The molecule has 2 amide bonds. The van der Waals surface area contributed by atoms with Crippen molar-refractivity contribution in [2.24, 2.45) is 0 Å². The lowest BCUT2D eigenvalue weighted by Crippen LogP contribution is -2.34. The molecule has 2 aromatic carbocycles. The highest BCUT2D eigenvalue weighted by Crippen LogP contribution is 2.34. The third kappa shape index (κ3) is 6.92. The predicted molar refractivity (Wildman–Crippen MR) is 139 cm³/mol. The minimum absolute atomic E-state index is 0.0313. The Morgan fingerprint density at radius 1 is 0.657 bits per heavy atom. The molecule has 7 heteroatoms. The molecule has 2 N–H and O–H groups in total. The molecule has 184 valence electrons. The van der Waals surface area contributed by atoms with Crippen LogP contribution >= 0.6 is 11.8 Å². The van der Waals surface area contributed by atoms with Gasteiger partial charge in [-0.2, -0.15) is 0 Å². The first-order chi connectivity index (χ1) is 17.0. The van der Waals surface area contributed by atoms with Gasteiger partial charge in [0, 0.05) is 59.2 Å².